The quantitative estimate of drug-likeness (QED) is 0.674. The maximum atomic E-state index is 10.7. The molecule has 20 heavy (non-hydrogen) atoms. The number of nitro benzene ring substituents is 1. The molecule has 1 saturated carbocycles. The summed E-state index contributed by atoms with van der Waals surface area (Å²) in [5, 5.41) is 23.2. The first-order valence-corrected chi connectivity index (χ1v) is 6.63. The average Bonchev–Trinajstić information content (AvgIpc) is 2.48. The Bertz CT molecular complexity index is 539. The van der Waals surface area contributed by atoms with Crippen molar-refractivity contribution in [1.29, 1.82) is 5.26 Å². The fourth-order valence-corrected chi connectivity index (χ4v) is 2.61. The van der Waals surface area contributed by atoms with Crippen molar-refractivity contribution in [2.24, 2.45) is 0 Å². The number of benzene rings is 1. The van der Waals surface area contributed by atoms with E-state index in [1.165, 1.54) is 12.1 Å². The van der Waals surface area contributed by atoms with E-state index in [-0.39, 0.29) is 17.8 Å². The Kier molecular flexibility index (Phi) is 4.53. The number of nitrogens with zero attached hydrogens (tertiary/aromatic N) is 2. The third-order valence-corrected chi connectivity index (χ3v) is 3.68. The van der Waals surface area contributed by atoms with Crippen LogP contribution in [0.3, 0.4) is 0 Å². The van der Waals surface area contributed by atoms with Crippen LogP contribution in [0.1, 0.15) is 31.2 Å². The maximum Gasteiger partial charge on any atom is 0.270 e. The van der Waals surface area contributed by atoms with Crippen molar-refractivity contribution in [2.75, 3.05) is 12.4 Å². The zero-order valence-corrected chi connectivity index (χ0v) is 11.3. The Morgan fingerprint density at radius 3 is 2.85 bits per heavy atom. The Balaban J connectivity index is 2.20. The van der Waals surface area contributed by atoms with Crippen LogP contribution in [0.15, 0.2) is 18.2 Å². The van der Waals surface area contributed by atoms with Gasteiger partial charge in [-0.3, -0.25) is 10.1 Å². The molecule has 0 spiro atoms. The molecule has 0 saturated heterocycles. The van der Waals surface area contributed by atoms with Crippen LogP contribution in [0.4, 0.5) is 11.4 Å². The number of anilines is 1. The third-order valence-electron chi connectivity index (χ3n) is 3.68. The minimum absolute atomic E-state index is 0.0703. The van der Waals surface area contributed by atoms with Gasteiger partial charge < -0.3 is 10.1 Å². The Labute approximate surface area is 117 Å². The molecule has 2 atom stereocenters. The van der Waals surface area contributed by atoms with Gasteiger partial charge >= 0.3 is 0 Å². The molecule has 0 heterocycles. The van der Waals surface area contributed by atoms with Crippen LogP contribution in [0.5, 0.6) is 0 Å². The Hall–Kier alpha value is -2.13. The number of nitrogens with one attached hydrogen (secondary N) is 1. The van der Waals surface area contributed by atoms with Crippen LogP contribution in [-0.2, 0) is 4.74 Å². The predicted octanol–water partition coefficient (Wildman–Crippen LogP) is 2.84. The lowest BCUT2D eigenvalue weighted by atomic mass is 9.92. The lowest BCUT2D eigenvalue weighted by molar-refractivity contribution is -0.384. The minimum atomic E-state index is -0.497. The number of nitro groups is 1. The molecule has 6 heteroatoms. The molecule has 0 radical (unpaired) electrons. The first kappa shape index (κ1) is 14.3. The first-order chi connectivity index (χ1) is 9.65. The SMILES string of the molecule is COC1CCCCC1Nc1ccc([N+](=O)[O-])cc1C#N. The molecule has 1 aromatic rings. The summed E-state index contributed by atoms with van der Waals surface area (Å²) in [6.07, 6.45) is 4.34. The molecular formula is C14H17N3O3. The van der Waals surface area contributed by atoms with Crippen molar-refractivity contribution in [2.45, 2.75) is 37.8 Å². The summed E-state index contributed by atoms with van der Waals surface area (Å²) >= 11 is 0. The van der Waals surface area contributed by atoms with E-state index in [4.69, 9.17) is 10.00 Å². The molecule has 2 unspecified atom stereocenters. The van der Waals surface area contributed by atoms with Crippen LogP contribution in [0.2, 0.25) is 0 Å². The van der Waals surface area contributed by atoms with E-state index in [9.17, 15) is 10.1 Å². The molecule has 1 aliphatic carbocycles. The highest BCUT2D eigenvalue weighted by Crippen LogP contribution is 2.27. The molecule has 6 nitrogen and oxygen atoms in total. The van der Waals surface area contributed by atoms with E-state index in [1.807, 2.05) is 6.07 Å². The lowest BCUT2D eigenvalue weighted by Crippen LogP contribution is -2.37. The first-order valence-electron chi connectivity index (χ1n) is 6.63. The van der Waals surface area contributed by atoms with Crippen LogP contribution in [-0.4, -0.2) is 24.2 Å². The van der Waals surface area contributed by atoms with E-state index in [2.05, 4.69) is 5.32 Å². The van der Waals surface area contributed by atoms with Crippen molar-refractivity contribution in [3.8, 4) is 6.07 Å². The summed E-state index contributed by atoms with van der Waals surface area (Å²) in [5.41, 5.74) is 0.853. The van der Waals surface area contributed by atoms with Crippen molar-refractivity contribution < 1.29 is 9.66 Å². The standard InChI is InChI=1S/C14H17N3O3/c1-20-14-5-3-2-4-13(14)16-12-7-6-11(17(18)19)8-10(12)9-15/h6-8,13-14,16H,2-5H2,1H3. The number of methoxy groups -OCH3 is 1. The Morgan fingerprint density at radius 1 is 1.45 bits per heavy atom. The van der Waals surface area contributed by atoms with Crippen LogP contribution < -0.4 is 5.32 Å². The summed E-state index contributed by atoms with van der Waals surface area (Å²) < 4.78 is 5.46. The molecule has 2 rings (SSSR count). The van der Waals surface area contributed by atoms with E-state index in [0.717, 1.165) is 25.7 Å². The molecule has 0 bridgehead atoms. The van der Waals surface area contributed by atoms with Gasteiger partial charge in [0.2, 0.25) is 0 Å². The van der Waals surface area contributed by atoms with Crippen molar-refractivity contribution in [1.82, 2.24) is 0 Å². The number of hydrogen-bond acceptors (Lipinski definition) is 5. The number of non-ortho nitro benzene ring substituents is 1. The molecule has 0 aromatic heterocycles. The third kappa shape index (κ3) is 3.06. The van der Waals surface area contributed by atoms with Gasteiger partial charge in [-0.25, -0.2) is 0 Å². The highest BCUT2D eigenvalue weighted by molar-refractivity contribution is 5.61. The predicted molar refractivity (Wildman–Crippen MR) is 74.5 cm³/mol. The molecule has 1 N–H and O–H groups in total. The zero-order valence-electron chi connectivity index (χ0n) is 11.3. The van der Waals surface area contributed by atoms with Gasteiger partial charge in [-0.15, -0.1) is 0 Å². The molecule has 1 fully saturated rings. The second kappa shape index (κ2) is 6.35. The molecular weight excluding hydrogens is 258 g/mol. The lowest BCUT2D eigenvalue weighted by Gasteiger charge is -2.32. The summed E-state index contributed by atoms with van der Waals surface area (Å²) in [7, 11) is 1.69. The number of rotatable bonds is 4. The van der Waals surface area contributed by atoms with Gasteiger partial charge in [0.25, 0.3) is 5.69 Å². The van der Waals surface area contributed by atoms with Gasteiger partial charge in [0.1, 0.15) is 6.07 Å². The van der Waals surface area contributed by atoms with Crippen LogP contribution >= 0.6 is 0 Å². The Morgan fingerprint density at radius 2 is 2.20 bits per heavy atom. The fourth-order valence-electron chi connectivity index (χ4n) is 2.61. The summed E-state index contributed by atoms with van der Waals surface area (Å²) in [6.45, 7) is 0. The van der Waals surface area contributed by atoms with Crippen molar-refractivity contribution >= 4 is 11.4 Å². The van der Waals surface area contributed by atoms with Crippen molar-refractivity contribution in [3.63, 3.8) is 0 Å². The van der Waals surface area contributed by atoms with Gasteiger partial charge in [-0.1, -0.05) is 12.8 Å². The smallest absolute Gasteiger partial charge is 0.270 e. The summed E-state index contributed by atoms with van der Waals surface area (Å²) in [5.74, 6) is 0. The van der Waals surface area contributed by atoms with Gasteiger partial charge in [0.05, 0.1) is 28.3 Å². The molecule has 0 amide bonds. The maximum absolute atomic E-state index is 10.7. The largest absolute Gasteiger partial charge is 0.379 e. The molecule has 1 aromatic carbocycles. The topological polar surface area (TPSA) is 88.2 Å². The van der Waals surface area contributed by atoms with E-state index in [0.29, 0.717) is 11.3 Å². The van der Waals surface area contributed by atoms with E-state index < -0.39 is 4.92 Å². The van der Waals surface area contributed by atoms with Crippen LogP contribution in [0, 0.1) is 21.4 Å². The highest BCUT2D eigenvalue weighted by Gasteiger charge is 2.25. The van der Waals surface area contributed by atoms with Gasteiger partial charge in [-0.2, -0.15) is 5.26 Å². The van der Waals surface area contributed by atoms with E-state index in [1.54, 1.807) is 13.2 Å². The van der Waals surface area contributed by atoms with Crippen molar-refractivity contribution in [3.05, 3.63) is 33.9 Å². The minimum Gasteiger partial charge on any atom is -0.379 e. The van der Waals surface area contributed by atoms with Gasteiger partial charge in [0.15, 0.2) is 0 Å². The number of hydrogen-bond donors (Lipinski definition) is 1. The normalized spacial score (nSPS) is 22.0. The molecule has 0 aliphatic heterocycles. The summed E-state index contributed by atoms with van der Waals surface area (Å²) in [4.78, 5) is 10.2. The van der Waals surface area contributed by atoms with Gasteiger partial charge in [0, 0.05) is 19.2 Å². The molecule has 1 aliphatic rings. The second-order valence-corrected chi connectivity index (χ2v) is 4.91. The highest BCUT2D eigenvalue weighted by atomic mass is 16.6. The summed E-state index contributed by atoms with van der Waals surface area (Å²) in [6, 6.07) is 6.45. The van der Waals surface area contributed by atoms with E-state index >= 15 is 0 Å². The molecule has 106 valence electrons. The monoisotopic (exact) mass is 275 g/mol. The fraction of sp³-hybridized carbons (Fsp3) is 0.500. The van der Waals surface area contributed by atoms with Gasteiger partial charge in [-0.05, 0) is 18.9 Å². The zero-order chi connectivity index (χ0) is 14.5. The second-order valence-electron chi connectivity index (χ2n) is 4.91. The number of nitriles is 1. The number of ether oxygens (including phenoxy) is 1. The van der Waals surface area contributed by atoms with Crippen LogP contribution in [0.25, 0.3) is 0 Å². The average molecular weight is 275 g/mol.